The molecule has 2 N–H and O–H groups in total. The van der Waals surface area contributed by atoms with Crippen LogP contribution in [0.1, 0.15) is 11.1 Å². The van der Waals surface area contributed by atoms with Gasteiger partial charge in [-0.15, -0.1) is 0 Å². The lowest BCUT2D eigenvalue weighted by Crippen LogP contribution is -2.02. The summed E-state index contributed by atoms with van der Waals surface area (Å²) in [6.07, 6.45) is 1.72. The van der Waals surface area contributed by atoms with Crippen molar-refractivity contribution in [1.29, 1.82) is 0 Å². The zero-order chi connectivity index (χ0) is 13.6. The molecule has 4 nitrogen and oxygen atoms in total. The molecule has 0 aliphatic heterocycles. The fraction of sp³-hybridized carbons (Fsp3) is 0.143. The van der Waals surface area contributed by atoms with Crippen LogP contribution in [0.5, 0.6) is 0 Å². The molecule has 5 heteroatoms. The summed E-state index contributed by atoms with van der Waals surface area (Å²) in [5.74, 6) is 0.609. The van der Waals surface area contributed by atoms with Crippen molar-refractivity contribution in [1.82, 2.24) is 14.5 Å². The van der Waals surface area contributed by atoms with E-state index in [0.717, 1.165) is 11.0 Å². The number of pyridine rings is 1. The van der Waals surface area contributed by atoms with Gasteiger partial charge in [0.25, 0.3) is 0 Å². The third kappa shape index (κ3) is 1.94. The fourth-order valence-corrected chi connectivity index (χ4v) is 2.21. The zero-order valence-corrected chi connectivity index (χ0v) is 11.4. The van der Waals surface area contributed by atoms with Gasteiger partial charge in [0.1, 0.15) is 11.5 Å². The molecule has 0 radical (unpaired) electrons. The highest BCUT2D eigenvalue weighted by Gasteiger charge is 2.10. The van der Waals surface area contributed by atoms with Crippen molar-refractivity contribution < 1.29 is 0 Å². The van der Waals surface area contributed by atoms with Crippen LogP contribution in [0.25, 0.3) is 16.9 Å². The molecule has 0 fully saturated rings. The minimum Gasteiger partial charge on any atom is -0.396 e. The van der Waals surface area contributed by atoms with Gasteiger partial charge >= 0.3 is 0 Å². The minimum absolute atomic E-state index is 0.412. The molecule has 2 heterocycles. The van der Waals surface area contributed by atoms with Crippen molar-refractivity contribution in [3.05, 3.63) is 46.9 Å². The molecule has 0 saturated heterocycles. The summed E-state index contributed by atoms with van der Waals surface area (Å²) in [6.45, 7) is 4.14. The van der Waals surface area contributed by atoms with E-state index in [0.29, 0.717) is 16.7 Å². The zero-order valence-electron chi connectivity index (χ0n) is 10.7. The number of nitrogen functional groups attached to an aromatic ring is 1. The van der Waals surface area contributed by atoms with Crippen molar-refractivity contribution in [2.24, 2.45) is 0 Å². The number of imidazole rings is 1. The summed E-state index contributed by atoms with van der Waals surface area (Å²) in [6, 6.07) is 7.56. The Morgan fingerprint density at radius 3 is 2.68 bits per heavy atom. The highest BCUT2D eigenvalue weighted by molar-refractivity contribution is 6.29. The average Bonchev–Trinajstić information content (AvgIpc) is 2.76. The van der Waals surface area contributed by atoms with Crippen LogP contribution in [-0.2, 0) is 0 Å². The van der Waals surface area contributed by atoms with Crippen LogP contribution >= 0.6 is 11.6 Å². The normalized spacial score (nSPS) is 11.1. The Morgan fingerprint density at radius 1 is 1.16 bits per heavy atom. The molecule has 0 bridgehead atoms. The monoisotopic (exact) mass is 272 g/mol. The summed E-state index contributed by atoms with van der Waals surface area (Å²) >= 11 is 5.94. The van der Waals surface area contributed by atoms with Crippen LogP contribution in [0.15, 0.2) is 30.6 Å². The molecule has 3 aromatic rings. The summed E-state index contributed by atoms with van der Waals surface area (Å²) in [7, 11) is 0. The lowest BCUT2D eigenvalue weighted by atomic mass is 10.1. The Morgan fingerprint density at radius 2 is 1.89 bits per heavy atom. The molecule has 3 rings (SSSR count). The molecule has 19 heavy (non-hydrogen) atoms. The van der Waals surface area contributed by atoms with Crippen molar-refractivity contribution in [2.75, 3.05) is 5.73 Å². The molecule has 0 aliphatic rings. The van der Waals surface area contributed by atoms with Gasteiger partial charge < -0.3 is 5.73 Å². The summed E-state index contributed by atoms with van der Waals surface area (Å²) in [4.78, 5) is 8.67. The maximum atomic E-state index is 5.97. The average molecular weight is 273 g/mol. The molecule has 0 unspecified atom stereocenters. The van der Waals surface area contributed by atoms with Crippen molar-refractivity contribution in [2.45, 2.75) is 13.8 Å². The molecule has 0 atom stereocenters. The smallest absolute Gasteiger partial charge is 0.163 e. The van der Waals surface area contributed by atoms with Crippen LogP contribution < -0.4 is 5.73 Å². The Balaban J connectivity index is 2.31. The quantitative estimate of drug-likeness (QED) is 0.692. The van der Waals surface area contributed by atoms with E-state index in [9.17, 15) is 0 Å². The molecule has 0 saturated carbocycles. The maximum Gasteiger partial charge on any atom is 0.163 e. The maximum absolute atomic E-state index is 5.97. The Bertz CT molecular complexity index is 776. The lowest BCUT2D eigenvalue weighted by Gasteiger charge is -2.08. The number of aryl methyl sites for hydroxylation is 2. The van der Waals surface area contributed by atoms with E-state index in [4.69, 9.17) is 17.3 Å². The minimum atomic E-state index is 0.412. The van der Waals surface area contributed by atoms with Gasteiger partial charge in [0, 0.05) is 0 Å². The number of hydrogen-bond donors (Lipinski definition) is 1. The van der Waals surface area contributed by atoms with E-state index in [1.807, 2.05) is 4.57 Å². The molecule has 0 amide bonds. The lowest BCUT2D eigenvalue weighted by molar-refractivity contribution is 1.03. The van der Waals surface area contributed by atoms with E-state index in [1.54, 1.807) is 18.5 Å². The second-order valence-corrected chi connectivity index (χ2v) is 4.97. The number of anilines is 1. The van der Waals surface area contributed by atoms with Gasteiger partial charge in [-0.2, -0.15) is 0 Å². The number of nitrogens with zero attached hydrogens (tertiary/aromatic N) is 3. The molecule has 2 aromatic heterocycles. The van der Waals surface area contributed by atoms with Crippen LogP contribution in [0, 0.1) is 13.8 Å². The molecular formula is C14H13ClN4. The predicted molar refractivity (Wildman–Crippen MR) is 77.8 cm³/mol. The van der Waals surface area contributed by atoms with E-state index in [1.165, 1.54) is 11.1 Å². The van der Waals surface area contributed by atoms with Gasteiger partial charge in [0.05, 0.1) is 16.7 Å². The number of fused-ring (bicyclic) bond motifs is 1. The number of benzene rings is 1. The fourth-order valence-electron chi connectivity index (χ4n) is 2.06. The van der Waals surface area contributed by atoms with E-state index < -0.39 is 0 Å². The van der Waals surface area contributed by atoms with Crippen LogP contribution in [-0.4, -0.2) is 14.5 Å². The first-order chi connectivity index (χ1) is 9.06. The molecular weight excluding hydrogens is 260 g/mol. The Labute approximate surface area is 115 Å². The van der Waals surface area contributed by atoms with Gasteiger partial charge in [-0.05, 0) is 49.2 Å². The summed E-state index contributed by atoms with van der Waals surface area (Å²) in [5.41, 5.74) is 10.9. The second-order valence-electron chi connectivity index (χ2n) is 4.59. The van der Waals surface area contributed by atoms with Crippen molar-refractivity contribution in [3.8, 4) is 5.82 Å². The third-order valence-electron chi connectivity index (χ3n) is 3.26. The summed E-state index contributed by atoms with van der Waals surface area (Å²) < 4.78 is 1.86. The SMILES string of the molecule is Cc1cc2ncn(-c3nc(Cl)ccc3N)c2cc1C. The topological polar surface area (TPSA) is 56.7 Å². The standard InChI is InChI=1S/C14H13ClN4/c1-8-5-11-12(6-9(8)2)19(7-17-11)14-10(16)3-4-13(15)18-14/h3-7H,16H2,1-2H3. The number of halogens is 1. The van der Waals surface area contributed by atoms with E-state index in [2.05, 4.69) is 35.9 Å². The highest BCUT2D eigenvalue weighted by Crippen LogP contribution is 2.24. The Hall–Kier alpha value is -2.07. The van der Waals surface area contributed by atoms with Crippen LogP contribution in [0.2, 0.25) is 5.15 Å². The molecule has 96 valence electrons. The summed E-state index contributed by atoms with van der Waals surface area (Å²) in [5, 5.41) is 0.412. The van der Waals surface area contributed by atoms with Gasteiger partial charge in [0.15, 0.2) is 5.82 Å². The molecule has 0 aliphatic carbocycles. The van der Waals surface area contributed by atoms with Gasteiger partial charge in [0.2, 0.25) is 0 Å². The van der Waals surface area contributed by atoms with Gasteiger partial charge in [-0.25, -0.2) is 9.97 Å². The van der Waals surface area contributed by atoms with Crippen LogP contribution in [0.4, 0.5) is 5.69 Å². The highest BCUT2D eigenvalue weighted by atomic mass is 35.5. The Kier molecular flexibility index (Phi) is 2.68. The first kappa shape index (κ1) is 12.0. The number of aromatic nitrogens is 3. The van der Waals surface area contributed by atoms with Crippen LogP contribution in [0.3, 0.4) is 0 Å². The first-order valence-corrected chi connectivity index (χ1v) is 6.31. The third-order valence-corrected chi connectivity index (χ3v) is 3.47. The molecule has 0 spiro atoms. The van der Waals surface area contributed by atoms with Crippen molar-refractivity contribution >= 4 is 28.3 Å². The number of rotatable bonds is 1. The van der Waals surface area contributed by atoms with E-state index >= 15 is 0 Å². The van der Waals surface area contributed by atoms with Gasteiger partial charge in [-0.3, -0.25) is 4.57 Å². The largest absolute Gasteiger partial charge is 0.396 e. The van der Waals surface area contributed by atoms with Gasteiger partial charge in [-0.1, -0.05) is 11.6 Å². The molecule has 1 aromatic carbocycles. The van der Waals surface area contributed by atoms with E-state index in [-0.39, 0.29) is 0 Å². The van der Waals surface area contributed by atoms with Crippen molar-refractivity contribution in [3.63, 3.8) is 0 Å². The predicted octanol–water partition coefficient (Wildman–Crippen LogP) is 3.27. The number of nitrogens with two attached hydrogens (primary N) is 1. The second kappa shape index (κ2) is 4.24. The number of hydrogen-bond acceptors (Lipinski definition) is 3. The first-order valence-electron chi connectivity index (χ1n) is 5.93.